The summed E-state index contributed by atoms with van der Waals surface area (Å²) in [6.07, 6.45) is 3.28. The van der Waals surface area contributed by atoms with E-state index < -0.39 is 0 Å². The van der Waals surface area contributed by atoms with Crippen molar-refractivity contribution in [3.05, 3.63) is 24.0 Å². The van der Waals surface area contributed by atoms with Crippen molar-refractivity contribution in [1.82, 2.24) is 15.0 Å². The van der Waals surface area contributed by atoms with Gasteiger partial charge in [0, 0.05) is 24.4 Å². The molecule has 2 aromatic heterocycles. The maximum Gasteiger partial charge on any atom is 0.222 e. The van der Waals surface area contributed by atoms with E-state index in [0.717, 1.165) is 17.9 Å². The zero-order valence-corrected chi connectivity index (χ0v) is 13.3. The molecule has 2 rings (SSSR count). The van der Waals surface area contributed by atoms with E-state index >= 15 is 0 Å². The van der Waals surface area contributed by atoms with Gasteiger partial charge in [-0.25, -0.2) is 9.97 Å². The van der Waals surface area contributed by atoms with E-state index in [0.29, 0.717) is 11.5 Å². The summed E-state index contributed by atoms with van der Waals surface area (Å²) in [5, 5.41) is 3.16. The third-order valence-corrected chi connectivity index (χ3v) is 3.05. The third-order valence-electron chi connectivity index (χ3n) is 3.05. The molecule has 118 valence electrons. The van der Waals surface area contributed by atoms with Crippen LogP contribution < -0.4 is 21.5 Å². The highest BCUT2D eigenvalue weighted by Gasteiger charge is 2.21. The predicted molar refractivity (Wildman–Crippen MR) is 88.0 cm³/mol. The molecule has 0 aliphatic carbocycles. The van der Waals surface area contributed by atoms with Crippen LogP contribution in [0.5, 0.6) is 11.5 Å². The average molecular weight is 302 g/mol. The normalized spacial score (nSPS) is 11.3. The number of nitrogens with two attached hydrogens (primary N) is 2. The lowest BCUT2D eigenvalue weighted by atomic mass is 9.87. The molecule has 0 atom stereocenters. The highest BCUT2D eigenvalue weighted by molar-refractivity contribution is 5.53. The summed E-state index contributed by atoms with van der Waals surface area (Å²) >= 11 is 0. The molecule has 2 aromatic rings. The first-order valence-electron chi connectivity index (χ1n) is 7.11. The Morgan fingerprint density at radius 2 is 1.86 bits per heavy atom. The van der Waals surface area contributed by atoms with Crippen molar-refractivity contribution in [3.8, 4) is 11.5 Å². The van der Waals surface area contributed by atoms with Gasteiger partial charge in [-0.15, -0.1) is 0 Å². The molecule has 22 heavy (non-hydrogen) atoms. The SMILES string of the molecule is CCNc1cc(Oc2cnc(N)nc2N)c(C(C)(C)C)cn1. The van der Waals surface area contributed by atoms with Gasteiger partial charge in [0.2, 0.25) is 5.95 Å². The summed E-state index contributed by atoms with van der Waals surface area (Å²) in [4.78, 5) is 12.2. The molecular formula is C15H22N6O. The summed E-state index contributed by atoms with van der Waals surface area (Å²) < 4.78 is 5.92. The van der Waals surface area contributed by atoms with E-state index in [9.17, 15) is 0 Å². The van der Waals surface area contributed by atoms with Crippen LogP contribution in [0.1, 0.15) is 33.3 Å². The number of hydrogen-bond donors (Lipinski definition) is 3. The molecule has 0 bridgehead atoms. The number of nitrogens with one attached hydrogen (secondary N) is 1. The van der Waals surface area contributed by atoms with Gasteiger partial charge in [-0.05, 0) is 12.3 Å². The molecule has 0 saturated heterocycles. The Morgan fingerprint density at radius 3 is 2.45 bits per heavy atom. The lowest BCUT2D eigenvalue weighted by Crippen LogP contribution is -2.14. The number of pyridine rings is 1. The van der Waals surface area contributed by atoms with Crippen LogP contribution in [0, 0.1) is 0 Å². The smallest absolute Gasteiger partial charge is 0.222 e. The van der Waals surface area contributed by atoms with E-state index in [4.69, 9.17) is 16.2 Å². The van der Waals surface area contributed by atoms with Crippen molar-refractivity contribution in [3.63, 3.8) is 0 Å². The van der Waals surface area contributed by atoms with Gasteiger partial charge in [0.15, 0.2) is 11.6 Å². The zero-order valence-electron chi connectivity index (χ0n) is 13.3. The Balaban J connectivity index is 2.44. The number of anilines is 3. The van der Waals surface area contributed by atoms with Crippen LogP contribution in [0.3, 0.4) is 0 Å². The molecule has 0 aliphatic heterocycles. The van der Waals surface area contributed by atoms with Crippen molar-refractivity contribution >= 4 is 17.6 Å². The van der Waals surface area contributed by atoms with Crippen LogP contribution >= 0.6 is 0 Å². The molecule has 7 nitrogen and oxygen atoms in total. The second kappa shape index (κ2) is 6.05. The molecule has 5 N–H and O–H groups in total. The average Bonchev–Trinajstić information content (AvgIpc) is 2.41. The summed E-state index contributed by atoms with van der Waals surface area (Å²) in [5.74, 6) is 2.09. The number of rotatable bonds is 4. The second-order valence-electron chi connectivity index (χ2n) is 5.93. The van der Waals surface area contributed by atoms with Gasteiger partial charge in [-0.1, -0.05) is 20.8 Å². The largest absolute Gasteiger partial charge is 0.451 e. The fourth-order valence-electron chi connectivity index (χ4n) is 1.96. The van der Waals surface area contributed by atoms with Gasteiger partial charge in [-0.2, -0.15) is 4.98 Å². The molecular weight excluding hydrogens is 280 g/mol. The topological polar surface area (TPSA) is 112 Å². The van der Waals surface area contributed by atoms with Gasteiger partial charge in [-0.3, -0.25) is 0 Å². The van der Waals surface area contributed by atoms with Crippen molar-refractivity contribution in [2.24, 2.45) is 0 Å². The van der Waals surface area contributed by atoms with Crippen LogP contribution in [0.4, 0.5) is 17.6 Å². The summed E-state index contributed by atoms with van der Waals surface area (Å²) in [7, 11) is 0. The number of nitrogen functional groups attached to an aromatic ring is 2. The lowest BCUT2D eigenvalue weighted by Gasteiger charge is -2.23. The molecule has 2 heterocycles. The van der Waals surface area contributed by atoms with Crippen molar-refractivity contribution < 1.29 is 4.74 Å². The van der Waals surface area contributed by atoms with E-state index in [1.165, 1.54) is 6.20 Å². The van der Waals surface area contributed by atoms with E-state index in [1.807, 2.05) is 19.2 Å². The number of hydrogen-bond acceptors (Lipinski definition) is 7. The highest BCUT2D eigenvalue weighted by atomic mass is 16.5. The molecule has 0 spiro atoms. The van der Waals surface area contributed by atoms with Crippen molar-refractivity contribution in [2.75, 3.05) is 23.3 Å². The maximum absolute atomic E-state index is 5.92. The lowest BCUT2D eigenvalue weighted by molar-refractivity contribution is 0.453. The fourth-order valence-corrected chi connectivity index (χ4v) is 1.96. The number of aromatic nitrogens is 3. The first-order valence-corrected chi connectivity index (χ1v) is 7.11. The molecule has 0 amide bonds. The minimum Gasteiger partial charge on any atom is -0.451 e. The Labute approximate surface area is 130 Å². The van der Waals surface area contributed by atoms with Crippen LogP contribution in [-0.2, 0) is 5.41 Å². The molecule has 0 radical (unpaired) electrons. The van der Waals surface area contributed by atoms with Crippen LogP contribution in [0.2, 0.25) is 0 Å². The van der Waals surface area contributed by atoms with Crippen molar-refractivity contribution in [2.45, 2.75) is 33.1 Å². The quantitative estimate of drug-likeness (QED) is 0.795. The van der Waals surface area contributed by atoms with Crippen LogP contribution in [0.25, 0.3) is 0 Å². The van der Waals surface area contributed by atoms with E-state index in [1.54, 1.807) is 0 Å². The summed E-state index contributed by atoms with van der Waals surface area (Å²) in [6, 6.07) is 1.85. The van der Waals surface area contributed by atoms with E-state index in [2.05, 4.69) is 41.0 Å². The van der Waals surface area contributed by atoms with Crippen LogP contribution in [-0.4, -0.2) is 21.5 Å². The third kappa shape index (κ3) is 3.55. The standard InChI is InChI=1S/C15H22N6O/c1-5-18-12-6-10(9(7-19-12)15(2,3)4)22-11-8-20-14(17)21-13(11)16/h6-8H,5H2,1-4H3,(H,18,19)(H4,16,17,20,21). The Bertz CT molecular complexity index is 666. The summed E-state index contributed by atoms with van der Waals surface area (Å²) in [5.41, 5.74) is 12.2. The van der Waals surface area contributed by atoms with Crippen LogP contribution in [0.15, 0.2) is 18.5 Å². The molecule has 0 aromatic carbocycles. The number of ether oxygens (including phenoxy) is 1. The zero-order chi connectivity index (χ0) is 16.3. The number of nitrogens with zero attached hydrogens (tertiary/aromatic N) is 3. The highest BCUT2D eigenvalue weighted by Crippen LogP contribution is 2.36. The van der Waals surface area contributed by atoms with Gasteiger partial charge in [0.1, 0.15) is 11.6 Å². The summed E-state index contributed by atoms with van der Waals surface area (Å²) in [6.45, 7) is 9.05. The Kier molecular flexibility index (Phi) is 4.35. The monoisotopic (exact) mass is 302 g/mol. The molecule has 0 saturated carbocycles. The van der Waals surface area contributed by atoms with Crippen molar-refractivity contribution in [1.29, 1.82) is 0 Å². The fraction of sp³-hybridized carbons (Fsp3) is 0.400. The van der Waals surface area contributed by atoms with Gasteiger partial charge in [0.25, 0.3) is 0 Å². The Hall–Kier alpha value is -2.57. The minimum absolute atomic E-state index is 0.115. The maximum atomic E-state index is 5.92. The molecule has 0 aliphatic rings. The first-order chi connectivity index (χ1) is 10.3. The molecule has 0 unspecified atom stereocenters. The Morgan fingerprint density at radius 1 is 1.14 bits per heavy atom. The first kappa shape index (κ1) is 15.8. The van der Waals surface area contributed by atoms with E-state index in [-0.39, 0.29) is 17.2 Å². The molecule has 7 heteroatoms. The predicted octanol–water partition coefficient (Wildman–Crippen LogP) is 2.56. The van der Waals surface area contributed by atoms with Gasteiger partial charge < -0.3 is 21.5 Å². The van der Waals surface area contributed by atoms with Gasteiger partial charge >= 0.3 is 0 Å². The molecule has 0 fully saturated rings. The second-order valence-corrected chi connectivity index (χ2v) is 5.93. The van der Waals surface area contributed by atoms with Gasteiger partial charge in [0.05, 0.1) is 6.20 Å². The minimum atomic E-state index is -0.128.